The highest BCUT2D eigenvalue weighted by Gasteiger charge is 2.06. The van der Waals surface area contributed by atoms with Crippen LogP contribution in [0.3, 0.4) is 0 Å². The standard InChI is InChI=1S/C13H17Cl2NO/c1-9-4-11(7-16-3)5-10(2)13(9)17-8-12(15)6-14/h4-6,16H,7-8H2,1-3H3. The van der Waals surface area contributed by atoms with Crippen molar-refractivity contribution in [2.75, 3.05) is 13.7 Å². The molecule has 0 saturated carbocycles. The molecule has 1 rings (SSSR count). The SMILES string of the molecule is CNCc1cc(C)c(OCC(Cl)=CCl)c(C)c1. The zero-order chi connectivity index (χ0) is 12.8. The second-order valence-corrected chi connectivity index (χ2v) is 4.64. The molecule has 17 heavy (non-hydrogen) atoms. The maximum absolute atomic E-state index is 5.80. The third kappa shape index (κ3) is 4.23. The summed E-state index contributed by atoms with van der Waals surface area (Å²) in [5.74, 6) is 0.876. The van der Waals surface area contributed by atoms with Crippen LogP contribution in [-0.4, -0.2) is 13.7 Å². The average molecular weight is 274 g/mol. The van der Waals surface area contributed by atoms with Gasteiger partial charge in [-0.1, -0.05) is 35.3 Å². The molecule has 0 amide bonds. The predicted octanol–water partition coefficient (Wildman–Crippen LogP) is 3.72. The Morgan fingerprint density at radius 3 is 2.41 bits per heavy atom. The third-order valence-corrected chi connectivity index (χ3v) is 2.97. The molecule has 0 aliphatic heterocycles. The van der Waals surface area contributed by atoms with Crippen molar-refractivity contribution >= 4 is 23.2 Å². The Bertz CT molecular complexity index is 393. The Hall–Kier alpha value is -0.700. The van der Waals surface area contributed by atoms with Crippen molar-refractivity contribution in [2.45, 2.75) is 20.4 Å². The Morgan fingerprint density at radius 2 is 1.94 bits per heavy atom. The predicted molar refractivity (Wildman–Crippen MR) is 74.0 cm³/mol. The molecule has 0 bridgehead atoms. The molecule has 0 fully saturated rings. The highest BCUT2D eigenvalue weighted by molar-refractivity contribution is 6.36. The van der Waals surface area contributed by atoms with Gasteiger partial charge in [0.2, 0.25) is 0 Å². The fourth-order valence-corrected chi connectivity index (χ4v) is 1.86. The van der Waals surface area contributed by atoms with Gasteiger partial charge in [-0.25, -0.2) is 0 Å². The smallest absolute Gasteiger partial charge is 0.125 e. The zero-order valence-electron chi connectivity index (χ0n) is 10.3. The largest absolute Gasteiger partial charge is 0.487 e. The van der Waals surface area contributed by atoms with Crippen molar-refractivity contribution in [2.24, 2.45) is 0 Å². The second kappa shape index (κ2) is 6.90. The lowest BCUT2D eigenvalue weighted by atomic mass is 10.1. The number of hydrogen-bond donors (Lipinski definition) is 1. The van der Waals surface area contributed by atoms with E-state index in [1.54, 1.807) is 0 Å². The molecule has 0 heterocycles. The number of hydrogen-bond acceptors (Lipinski definition) is 2. The first kappa shape index (κ1) is 14.4. The lowest BCUT2D eigenvalue weighted by Gasteiger charge is -2.13. The van der Waals surface area contributed by atoms with Crippen LogP contribution in [0.2, 0.25) is 0 Å². The summed E-state index contributed by atoms with van der Waals surface area (Å²) in [5, 5.41) is 3.62. The topological polar surface area (TPSA) is 21.3 Å². The molecule has 2 nitrogen and oxygen atoms in total. The summed E-state index contributed by atoms with van der Waals surface area (Å²) in [6.45, 7) is 5.21. The molecule has 0 aromatic heterocycles. The van der Waals surface area contributed by atoms with Gasteiger partial charge >= 0.3 is 0 Å². The van der Waals surface area contributed by atoms with Gasteiger partial charge in [-0.3, -0.25) is 0 Å². The molecule has 4 heteroatoms. The van der Waals surface area contributed by atoms with E-state index in [1.165, 1.54) is 11.1 Å². The zero-order valence-corrected chi connectivity index (χ0v) is 11.8. The Balaban J connectivity index is 2.86. The number of rotatable bonds is 5. The molecule has 0 saturated heterocycles. The fraction of sp³-hybridized carbons (Fsp3) is 0.385. The first-order valence-corrected chi connectivity index (χ1v) is 6.22. The maximum Gasteiger partial charge on any atom is 0.125 e. The monoisotopic (exact) mass is 273 g/mol. The minimum absolute atomic E-state index is 0.304. The Labute approximate surface area is 113 Å². The van der Waals surface area contributed by atoms with Crippen LogP contribution >= 0.6 is 23.2 Å². The molecule has 0 spiro atoms. The van der Waals surface area contributed by atoms with Crippen LogP contribution in [0.15, 0.2) is 22.7 Å². The molecule has 94 valence electrons. The molecule has 0 unspecified atom stereocenters. The molecular formula is C13H17Cl2NO. The summed E-state index contributed by atoms with van der Waals surface area (Å²) < 4.78 is 5.65. The van der Waals surface area contributed by atoms with Gasteiger partial charge in [0.15, 0.2) is 0 Å². The van der Waals surface area contributed by atoms with E-state index in [-0.39, 0.29) is 0 Å². The summed E-state index contributed by atoms with van der Waals surface area (Å²) in [5.41, 5.74) is 4.78. The lowest BCUT2D eigenvalue weighted by molar-refractivity contribution is 0.354. The normalized spacial score (nSPS) is 11.7. The van der Waals surface area contributed by atoms with E-state index >= 15 is 0 Å². The maximum atomic E-state index is 5.80. The number of halogens is 2. The summed E-state index contributed by atoms with van der Waals surface area (Å²) in [6.07, 6.45) is 0. The van der Waals surface area contributed by atoms with Gasteiger partial charge in [0, 0.05) is 12.1 Å². The van der Waals surface area contributed by atoms with Gasteiger partial charge in [-0.05, 0) is 37.6 Å². The molecule has 0 atom stereocenters. The highest BCUT2D eigenvalue weighted by atomic mass is 35.5. The van der Waals surface area contributed by atoms with Crippen LogP contribution < -0.4 is 10.1 Å². The van der Waals surface area contributed by atoms with Crippen molar-refractivity contribution in [3.63, 3.8) is 0 Å². The molecule has 0 aliphatic carbocycles. The summed E-state index contributed by atoms with van der Waals surface area (Å²) in [4.78, 5) is 0. The van der Waals surface area contributed by atoms with E-state index in [0.717, 1.165) is 23.4 Å². The number of benzene rings is 1. The van der Waals surface area contributed by atoms with Crippen molar-refractivity contribution < 1.29 is 4.74 Å². The number of aryl methyl sites for hydroxylation is 2. The minimum atomic E-state index is 0.304. The average Bonchev–Trinajstić information content (AvgIpc) is 2.28. The van der Waals surface area contributed by atoms with Crippen LogP contribution in [0.5, 0.6) is 5.75 Å². The fourth-order valence-electron chi connectivity index (χ4n) is 1.75. The van der Waals surface area contributed by atoms with Crippen molar-refractivity contribution in [1.82, 2.24) is 5.32 Å². The van der Waals surface area contributed by atoms with Crippen molar-refractivity contribution in [3.05, 3.63) is 39.4 Å². The molecule has 1 N–H and O–H groups in total. The van der Waals surface area contributed by atoms with Gasteiger partial charge in [-0.2, -0.15) is 0 Å². The van der Waals surface area contributed by atoms with Crippen LogP contribution in [0.1, 0.15) is 16.7 Å². The van der Waals surface area contributed by atoms with Crippen molar-refractivity contribution in [1.29, 1.82) is 0 Å². The first-order valence-electron chi connectivity index (χ1n) is 5.40. The van der Waals surface area contributed by atoms with Crippen LogP contribution in [0.25, 0.3) is 0 Å². The highest BCUT2D eigenvalue weighted by Crippen LogP contribution is 2.25. The quantitative estimate of drug-likeness (QED) is 0.883. The van der Waals surface area contributed by atoms with Gasteiger partial charge in [0.05, 0.1) is 5.03 Å². The molecule has 1 aromatic carbocycles. The Kier molecular flexibility index (Phi) is 5.83. The Morgan fingerprint density at radius 1 is 1.35 bits per heavy atom. The first-order chi connectivity index (χ1) is 8.08. The van der Waals surface area contributed by atoms with Gasteiger partial charge in [0.25, 0.3) is 0 Å². The van der Waals surface area contributed by atoms with Gasteiger partial charge in [0.1, 0.15) is 12.4 Å². The molecule has 0 radical (unpaired) electrons. The lowest BCUT2D eigenvalue weighted by Crippen LogP contribution is -2.07. The van der Waals surface area contributed by atoms with E-state index < -0.39 is 0 Å². The minimum Gasteiger partial charge on any atom is -0.487 e. The van der Waals surface area contributed by atoms with Gasteiger partial charge < -0.3 is 10.1 Å². The summed E-state index contributed by atoms with van der Waals surface area (Å²) in [6, 6.07) is 4.22. The van der Waals surface area contributed by atoms with E-state index in [0.29, 0.717) is 11.6 Å². The summed E-state index contributed by atoms with van der Waals surface area (Å²) in [7, 11) is 1.93. The summed E-state index contributed by atoms with van der Waals surface area (Å²) >= 11 is 11.3. The number of ether oxygens (including phenoxy) is 1. The van der Waals surface area contributed by atoms with E-state index in [2.05, 4.69) is 17.4 Å². The third-order valence-electron chi connectivity index (χ3n) is 2.37. The number of nitrogens with one attached hydrogen (secondary N) is 1. The van der Waals surface area contributed by atoms with Crippen molar-refractivity contribution in [3.8, 4) is 5.75 Å². The molecule has 1 aromatic rings. The second-order valence-electron chi connectivity index (χ2n) is 3.93. The van der Waals surface area contributed by atoms with Crippen LogP contribution in [0.4, 0.5) is 0 Å². The molecule has 0 aliphatic rings. The van der Waals surface area contributed by atoms with E-state index in [4.69, 9.17) is 27.9 Å². The van der Waals surface area contributed by atoms with Gasteiger partial charge in [-0.15, -0.1) is 0 Å². The van der Waals surface area contributed by atoms with Crippen LogP contribution in [-0.2, 0) is 6.54 Å². The van der Waals surface area contributed by atoms with E-state index in [9.17, 15) is 0 Å². The van der Waals surface area contributed by atoms with Crippen LogP contribution in [0, 0.1) is 13.8 Å². The molecular weight excluding hydrogens is 257 g/mol. The van der Waals surface area contributed by atoms with E-state index in [1.807, 2.05) is 20.9 Å².